The molecule has 0 saturated heterocycles. The van der Waals surface area contributed by atoms with E-state index in [-0.39, 0.29) is 5.84 Å². The molecule has 0 aliphatic heterocycles. The minimum absolute atomic E-state index is 0.120. The quantitative estimate of drug-likeness (QED) is 0.650. The number of hydrogen-bond acceptors (Lipinski definition) is 2. The first-order valence-corrected chi connectivity index (χ1v) is 6.28. The number of aryl methyl sites for hydroxylation is 1. The van der Waals surface area contributed by atoms with Gasteiger partial charge in [-0.25, -0.2) is 0 Å². The third kappa shape index (κ3) is 3.13. The second kappa shape index (κ2) is 5.57. The van der Waals surface area contributed by atoms with Crippen LogP contribution in [-0.2, 0) is 6.54 Å². The average Bonchev–Trinajstić information content (AvgIpc) is 2.39. The van der Waals surface area contributed by atoms with E-state index in [0.29, 0.717) is 0 Å². The maximum Gasteiger partial charge on any atom is 0.123 e. The summed E-state index contributed by atoms with van der Waals surface area (Å²) in [7, 11) is 2.06. The van der Waals surface area contributed by atoms with Gasteiger partial charge in [0.1, 0.15) is 5.84 Å². The molecule has 0 aromatic heterocycles. The van der Waals surface area contributed by atoms with Crippen molar-refractivity contribution in [1.82, 2.24) is 0 Å². The van der Waals surface area contributed by atoms with E-state index in [4.69, 9.17) is 11.1 Å². The van der Waals surface area contributed by atoms with Crippen LogP contribution >= 0.6 is 0 Å². The fourth-order valence-electron chi connectivity index (χ4n) is 2.14. The van der Waals surface area contributed by atoms with Crippen LogP contribution in [0.5, 0.6) is 0 Å². The lowest BCUT2D eigenvalue weighted by atomic mass is 10.1. The second-order valence-electron chi connectivity index (χ2n) is 4.75. The number of benzene rings is 2. The van der Waals surface area contributed by atoms with Gasteiger partial charge in [0, 0.05) is 24.8 Å². The summed E-state index contributed by atoms with van der Waals surface area (Å²) in [6.45, 7) is 2.84. The zero-order chi connectivity index (χ0) is 13.8. The molecule has 0 amide bonds. The van der Waals surface area contributed by atoms with Crippen LogP contribution in [-0.4, -0.2) is 12.9 Å². The van der Waals surface area contributed by atoms with E-state index < -0.39 is 0 Å². The van der Waals surface area contributed by atoms with E-state index in [1.165, 1.54) is 5.56 Å². The van der Waals surface area contributed by atoms with Crippen LogP contribution in [0.3, 0.4) is 0 Å². The molecule has 2 rings (SSSR count). The summed E-state index contributed by atoms with van der Waals surface area (Å²) >= 11 is 0. The summed E-state index contributed by atoms with van der Waals surface area (Å²) in [5, 5.41) is 7.50. The van der Waals surface area contributed by atoms with Gasteiger partial charge in [-0.1, -0.05) is 30.3 Å². The van der Waals surface area contributed by atoms with Crippen molar-refractivity contribution in [2.75, 3.05) is 11.9 Å². The Labute approximate surface area is 114 Å². The topological polar surface area (TPSA) is 53.1 Å². The molecular formula is C16H19N3. The monoisotopic (exact) mass is 253 g/mol. The first-order valence-electron chi connectivity index (χ1n) is 6.28. The van der Waals surface area contributed by atoms with Crippen LogP contribution in [0, 0.1) is 12.3 Å². The fourth-order valence-corrected chi connectivity index (χ4v) is 2.14. The maximum absolute atomic E-state index is 7.50. The normalized spacial score (nSPS) is 10.2. The van der Waals surface area contributed by atoms with Gasteiger partial charge < -0.3 is 10.6 Å². The number of rotatable bonds is 4. The van der Waals surface area contributed by atoms with Crippen LogP contribution in [0.1, 0.15) is 16.7 Å². The predicted octanol–water partition coefficient (Wildman–Crippen LogP) is 2.92. The Morgan fingerprint density at radius 1 is 1.16 bits per heavy atom. The Bertz CT molecular complexity index is 576. The summed E-state index contributed by atoms with van der Waals surface area (Å²) < 4.78 is 0. The Balaban J connectivity index is 2.18. The molecule has 0 aliphatic rings. The van der Waals surface area contributed by atoms with E-state index in [0.717, 1.165) is 23.4 Å². The zero-order valence-corrected chi connectivity index (χ0v) is 11.4. The van der Waals surface area contributed by atoms with Gasteiger partial charge in [0.2, 0.25) is 0 Å². The highest BCUT2D eigenvalue weighted by molar-refractivity contribution is 5.96. The van der Waals surface area contributed by atoms with Gasteiger partial charge in [-0.3, -0.25) is 5.41 Å². The molecule has 3 N–H and O–H groups in total. The summed E-state index contributed by atoms with van der Waals surface area (Å²) in [6.07, 6.45) is 0. The lowest BCUT2D eigenvalue weighted by Crippen LogP contribution is -2.18. The first-order chi connectivity index (χ1) is 9.08. The SMILES string of the molecule is Cc1cc(N(C)Cc2ccccc2)ccc1C(=N)N. The van der Waals surface area contributed by atoms with E-state index in [1.807, 2.05) is 37.3 Å². The predicted molar refractivity (Wildman–Crippen MR) is 80.7 cm³/mol. The third-order valence-corrected chi connectivity index (χ3v) is 3.20. The van der Waals surface area contributed by atoms with Gasteiger partial charge >= 0.3 is 0 Å². The minimum atomic E-state index is 0.120. The van der Waals surface area contributed by atoms with Gasteiger partial charge in [0.15, 0.2) is 0 Å². The highest BCUT2D eigenvalue weighted by Crippen LogP contribution is 2.19. The highest BCUT2D eigenvalue weighted by Gasteiger charge is 2.06. The van der Waals surface area contributed by atoms with Crippen molar-refractivity contribution >= 4 is 11.5 Å². The summed E-state index contributed by atoms with van der Waals surface area (Å²) in [4.78, 5) is 2.19. The van der Waals surface area contributed by atoms with Crippen molar-refractivity contribution in [3.8, 4) is 0 Å². The Morgan fingerprint density at radius 2 is 1.84 bits per heavy atom. The van der Waals surface area contributed by atoms with E-state index in [1.54, 1.807) is 0 Å². The van der Waals surface area contributed by atoms with Crippen molar-refractivity contribution < 1.29 is 0 Å². The molecule has 0 atom stereocenters. The number of nitrogens with one attached hydrogen (secondary N) is 1. The Morgan fingerprint density at radius 3 is 2.42 bits per heavy atom. The molecule has 0 radical (unpaired) electrons. The molecule has 0 aliphatic carbocycles. The molecule has 0 unspecified atom stereocenters. The van der Waals surface area contributed by atoms with Gasteiger partial charge in [0.25, 0.3) is 0 Å². The second-order valence-corrected chi connectivity index (χ2v) is 4.75. The smallest absolute Gasteiger partial charge is 0.123 e. The molecule has 3 nitrogen and oxygen atoms in total. The van der Waals surface area contributed by atoms with Crippen LogP contribution in [0.25, 0.3) is 0 Å². The van der Waals surface area contributed by atoms with Gasteiger partial charge in [0.05, 0.1) is 0 Å². The van der Waals surface area contributed by atoms with Gasteiger partial charge in [-0.15, -0.1) is 0 Å². The average molecular weight is 253 g/mol. The van der Waals surface area contributed by atoms with E-state index in [2.05, 4.69) is 30.1 Å². The lowest BCUT2D eigenvalue weighted by molar-refractivity contribution is 0.922. The minimum Gasteiger partial charge on any atom is -0.384 e. The van der Waals surface area contributed by atoms with Crippen molar-refractivity contribution in [3.63, 3.8) is 0 Å². The molecule has 0 heterocycles. The number of nitrogens with two attached hydrogens (primary N) is 1. The lowest BCUT2D eigenvalue weighted by Gasteiger charge is -2.20. The molecule has 98 valence electrons. The molecule has 0 bridgehead atoms. The van der Waals surface area contributed by atoms with Crippen molar-refractivity contribution in [1.29, 1.82) is 5.41 Å². The molecule has 0 fully saturated rings. The third-order valence-electron chi connectivity index (χ3n) is 3.20. The van der Waals surface area contributed by atoms with E-state index >= 15 is 0 Å². The maximum atomic E-state index is 7.50. The molecule has 2 aromatic carbocycles. The van der Waals surface area contributed by atoms with E-state index in [9.17, 15) is 0 Å². The van der Waals surface area contributed by atoms with Gasteiger partial charge in [-0.05, 0) is 36.2 Å². The van der Waals surface area contributed by atoms with Crippen LogP contribution in [0.15, 0.2) is 48.5 Å². The molecule has 0 saturated carbocycles. The largest absolute Gasteiger partial charge is 0.384 e. The number of anilines is 1. The molecule has 0 spiro atoms. The van der Waals surface area contributed by atoms with Crippen LogP contribution in [0.2, 0.25) is 0 Å². The number of amidine groups is 1. The molecular weight excluding hydrogens is 234 g/mol. The van der Waals surface area contributed by atoms with Crippen molar-refractivity contribution in [2.24, 2.45) is 5.73 Å². The highest BCUT2D eigenvalue weighted by atomic mass is 15.1. The standard InChI is InChI=1S/C16H19N3/c1-12-10-14(8-9-15(12)16(17)18)19(2)11-13-6-4-3-5-7-13/h3-10H,11H2,1-2H3,(H3,17,18). The summed E-state index contributed by atoms with van der Waals surface area (Å²) in [5.74, 6) is 0.120. The number of hydrogen-bond donors (Lipinski definition) is 2. The Hall–Kier alpha value is -2.29. The first kappa shape index (κ1) is 13.1. The fraction of sp³-hybridized carbons (Fsp3) is 0.188. The van der Waals surface area contributed by atoms with Crippen molar-refractivity contribution in [2.45, 2.75) is 13.5 Å². The molecule has 19 heavy (non-hydrogen) atoms. The zero-order valence-electron chi connectivity index (χ0n) is 11.4. The summed E-state index contributed by atoms with van der Waals surface area (Å²) in [5.41, 5.74) is 9.78. The number of nitrogens with zero attached hydrogens (tertiary/aromatic N) is 1. The Kier molecular flexibility index (Phi) is 3.85. The summed E-state index contributed by atoms with van der Waals surface area (Å²) in [6, 6.07) is 16.3. The van der Waals surface area contributed by atoms with Crippen LogP contribution in [0.4, 0.5) is 5.69 Å². The molecule has 3 heteroatoms. The number of nitrogen functional groups attached to an aromatic ring is 1. The van der Waals surface area contributed by atoms with Crippen LogP contribution < -0.4 is 10.6 Å². The van der Waals surface area contributed by atoms with Crippen molar-refractivity contribution in [3.05, 3.63) is 65.2 Å². The molecule has 2 aromatic rings. The van der Waals surface area contributed by atoms with Gasteiger partial charge in [-0.2, -0.15) is 0 Å².